The van der Waals surface area contributed by atoms with Crippen molar-refractivity contribution >= 4 is 0 Å². The summed E-state index contributed by atoms with van der Waals surface area (Å²) < 4.78 is 41.0. The second kappa shape index (κ2) is 7.11. The minimum atomic E-state index is -2.55. The van der Waals surface area contributed by atoms with Gasteiger partial charge < -0.3 is 9.47 Å². The van der Waals surface area contributed by atoms with Crippen LogP contribution in [0.25, 0.3) is 0 Å². The van der Waals surface area contributed by atoms with Gasteiger partial charge in [0.05, 0.1) is 6.54 Å². The minimum Gasteiger partial charge on any atom is -0.490 e. The summed E-state index contributed by atoms with van der Waals surface area (Å²) in [5, 5.41) is 0. The lowest BCUT2D eigenvalue weighted by molar-refractivity contribution is -0.0408. The molecule has 1 aromatic carbocycles. The number of hydrogen-bond donors (Lipinski definition) is 0. The van der Waals surface area contributed by atoms with Crippen molar-refractivity contribution in [1.82, 2.24) is 9.55 Å². The van der Waals surface area contributed by atoms with Crippen LogP contribution in [0.15, 0.2) is 35.1 Å². The molecule has 1 unspecified atom stereocenters. The van der Waals surface area contributed by atoms with Crippen LogP contribution in [0.3, 0.4) is 0 Å². The van der Waals surface area contributed by atoms with E-state index in [4.69, 9.17) is 9.47 Å². The fourth-order valence-electron chi connectivity index (χ4n) is 4.45. The summed E-state index contributed by atoms with van der Waals surface area (Å²) in [6.07, 6.45) is 3.29. The Labute approximate surface area is 167 Å². The molecule has 5 nitrogen and oxygen atoms in total. The molecule has 2 saturated carbocycles. The van der Waals surface area contributed by atoms with Gasteiger partial charge in [0.1, 0.15) is 12.4 Å². The van der Waals surface area contributed by atoms with Crippen molar-refractivity contribution in [3.05, 3.63) is 51.9 Å². The highest BCUT2D eigenvalue weighted by atomic mass is 19.3. The first-order valence-electron chi connectivity index (χ1n) is 10.4. The standard InChI is InChI=1S/C22H24F2N2O3/c23-22(24)9-1-2-16(11-22)14-5-7-17(8-6-14)28-13-18-12-26-19(15-3-4-15)10-20(27)25-21(26)29-18/h5-8,10,15-16,18H,1-4,9,11-13H2/t16?,18-/m0/s1. The van der Waals surface area contributed by atoms with E-state index in [-0.39, 0.29) is 30.4 Å². The largest absolute Gasteiger partial charge is 0.490 e. The maximum Gasteiger partial charge on any atom is 0.300 e. The number of aromatic nitrogens is 2. The molecular formula is C22H24F2N2O3. The SMILES string of the molecule is O=c1cc(C2CC2)n2c(n1)O[C@H](COc1ccc(C3CCCC(F)(F)C3)cc1)C2. The zero-order valence-electron chi connectivity index (χ0n) is 16.2. The molecule has 0 spiro atoms. The van der Waals surface area contributed by atoms with Gasteiger partial charge in [-0.05, 0) is 55.2 Å². The first-order valence-corrected chi connectivity index (χ1v) is 10.4. The van der Waals surface area contributed by atoms with E-state index in [0.717, 1.165) is 30.5 Å². The molecule has 0 saturated heterocycles. The third-order valence-corrected chi connectivity index (χ3v) is 6.10. The van der Waals surface area contributed by atoms with Crippen molar-refractivity contribution in [2.24, 2.45) is 0 Å². The van der Waals surface area contributed by atoms with E-state index in [1.807, 2.05) is 28.8 Å². The lowest BCUT2D eigenvalue weighted by Gasteiger charge is -2.29. The summed E-state index contributed by atoms with van der Waals surface area (Å²) >= 11 is 0. The van der Waals surface area contributed by atoms with E-state index in [0.29, 0.717) is 37.3 Å². The van der Waals surface area contributed by atoms with Crippen molar-refractivity contribution in [3.63, 3.8) is 0 Å². The lowest BCUT2D eigenvalue weighted by Crippen LogP contribution is -2.25. The number of fused-ring (bicyclic) bond motifs is 1. The molecule has 29 heavy (non-hydrogen) atoms. The van der Waals surface area contributed by atoms with E-state index >= 15 is 0 Å². The van der Waals surface area contributed by atoms with E-state index in [1.54, 1.807) is 6.07 Å². The molecule has 2 fully saturated rings. The van der Waals surface area contributed by atoms with Crippen molar-refractivity contribution in [3.8, 4) is 11.8 Å². The quantitative estimate of drug-likeness (QED) is 0.750. The Kier molecular flexibility index (Phi) is 4.56. The smallest absolute Gasteiger partial charge is 0.300 e. The molecule has 0 amide bonds. The zero-order valence-corrected chi connectivity index (χ0v) is 16.2. The molecule has 0 radical (unpaired) electrons. The third-order valence-electron chi connectivity index (χ3n) is 6.10. The number of alkyl halides is 2. The van der Waals surface area contributed by atoms with E-state index in [1.165, 1.54) is 0 Å². The molecule has 2 aliphatic carbocycles. The molecule has 1 aromatic heterocycles. The van der Waals surface area contributed by atoms with Gasteiger partial charge >= 0.3 is 0 Å². The Morgan fingerprint density at radius 1 is 1.17 bits per heavy atom. The fraction of sp³-hybridized carbons (Fsp3) is 0.545. The molecule has 5 rings (SSSR count). The predicted octanol–water partition coefficient (Wildman–Crippen LogP) is 4.25. The first kappa shape index (κ1) is 18.6. The first-order chi connectivity index (χ1) is 14.0. The highest BCUT2D eigenvalue weighted by Crippen LogP contribution is 2.42. The van der Waals surface area contributed by atoms with Gasteiger partial charge in [0.2, 0.25) is 5.92 Å². The van der Waals surface area contributed by atoms with Crippen molar-refractivity contribution in [1.29, 1.82) is 0 Å². The summed E-state index contributed by atoms with van der Waals surface area (Å²) in [6, 6.07) is 9.43. The zero-order chi connectivity index (χ0) is 20.0. The molecule has 1 aliphatic heterocycles. The minimum absolute atomic E-state index is 0.00234. The molecule has 2 heterocycles. The van der Waals surface area contributed by atoms with Gasteiger partial charge in [-0.1, -0.05) is 12.1 Å². The molecule has 3 aliphatic rings. The fourth-order valence-corrected chi connectivity index (χ4v) is 4.45. The molecule has 7 heteroatoms. The van der Waals surface area contributed by atoms with Gasteiger partial charge in [-0.25, -0.2) is 8.78 Å². The Hall–Kier alpha value is -2.44. The maximum absolute atomic E-state index is 13.7. The number of hydrogen-bond acceptors (Lipinski definition) is 4. The third kappa shape index (κ3) is 4.00. The van der Waals surface area contributed by atoms with Crippen LogP contribution in [-0.4, -0.2) is 28.2 Å². The summed E-state index contributed by atoms with van der Waals surface area (Å²) in [5.74, 6) is -1.53. The van der Waals surface area contributed by atoms with Crippen LogP contribution in [0.2, 0.25) is 0 Å². The number of benzene rings is 1. The van der Waals surface area contributed by atoms with Crippen LogP contribution in [0, 0.1) is 0 Å². The highest BCUT2D eigenvalue weighted by molar-refractivity contribution is 5.30. The number of ether oxygens (including phenoxy) is 2. The summed E-state index contributed by atoms with van der Waals surface area (Å²) in [5.41, 5.74) is 1.69. The monoisotopic (exact) mass is 402 g/mol. The summed E-state index contributed by atoms with van der Waals surface area (Å²) in [6.45, 7) is 0.951. The Morgan fingerprint density at radius 3 is 2.69 bits per heavy atom. The normalized spacial score (nSPS) is 25.3. The summed E-state index contributed by atoms with van der Waals surface area (Å²) in [4.78, 5) is 15.8. The van der Waals surface area contributed by atoms with Crippen LogP contribution in [0.5, 0.6) is 11.8 Å². The van der Waals surface area contributed by atoms with Gasteiger partial charge in [-0.2, -0.15) is 4.98 Å². The molecule has 154 valence electrons. The second-order valence-corrected chi connectivity index (χ2v) is 8.46. The number of halogens is 2. The number of nitrogens with zero attached hydrogens (tertiary/aromatic N) is 2. The Balaban J connectivity index is 1.20. The number of rotatable bonds is 5. The lowest BCUT2D eigenvalue weighted by atomic mass is 9.82. The molecule has 0 N–H and O–H groups in total. The Bertz CT molecular complexity index is 954. The molecular weight excluding hydrogens is 378 g/mol. The van der Waals surface area contributed by atoms with Gasteiger partial charge in [0, 0.05) is 24.6 Å². The van der Waals surface area contributed by atoms with Crippen LogP contribution in [-0.2, 0) is 6.54 Å². The Morgan fingerprint density at radius 2 is 1.97 bits per heavy atom. The second-order valence-electron chi connectivity index (χ2n) is 8.46. The van der Waals surface area contributed by atoms with Crippen LogP contribution < -0.4 is 15.0 Å². The van der Waals surface area contributed by atoms with E-state index in [2.05, 4.69) is 4.98 Å². The topological polar surface area (TPSA) is 53.4 Å². The van der Waals surface area contributed by atoms with Crippen molar-refractivity contribution in [2.75, 3.05) is 6.61 Å². The van der Waals surface area contributed by atoms with Crippen molar-refractivity contribution < 1.29 is 18.3 Å². The van der Waals surface area contributed by atoms with E-state index < -0.39 is 5.92 Å². The van der Waals surface area contributed by atoms with Crippen LogP contribution >= 0.6 is 0 Å². The van der Waals surface area contributed by atoms with Crippen molar-refractivity contribution in [2.45, 2.75) is 68.9 Å². The average molecular weight is 402 g/mol. The summed E-state index contributed by atoms with van der Waals surface area (Å²) in [7, 11) is 0. The average Bonchev–Trinajstić information content (AvgIpc) is 3.45. The predicted molar refractivity (Wildman–Crippen MR) is 103 cm³/mol. The van der Waals surface area contributed by atoms with Crippen LogP contribution in [0.4, 0.5) is 8.78 Å². The molecule has 0 bridgehead atoms. The van der Waals surface area contributed by atoms with Gasteiger partial charge in [0.15, 0.2) is 6.10 Å². The van der Waals surface area contributed by atoms with Gasteiger partial charge in [-0.15, -0.1) is 0 Å². The van der Waals surface area contributed by atoms with Crippen LogP contribution in [0.1, 0.15) is 61.6 Å². The van der Waals surface area contributed by atoms with Gasteiger partial charge in [-0.3, -0.25) is 9.36 Å². The van der Waals surface area contributed by atoms with Gasteiger partial charge in [0.25, 0.3) is 11.6 Å². The molecule has 2 atom stereocenters. The molecule has 2 aromatic rings. The maximum atomic E-state index is 13.7. The van der Waals surface area contributed by atoms with E-state index in [9.17, 15) is 13.6 Å². The highest BCUT2D eigenvalue weighted by Gasteiger charge is 2.37.